The first-order chi connectivity index (χ1) is 9.83. The lowest BCUT2D eigenvalue weighted by molar-refractivity contribution is 0.177. The molecule has 0 radical (unpaired) electrons. The van der Waals surface area contributed by atoms with E-state index in [1.807, 2.05) is 0 Å². The Bertz CT molecular complexity index is 460. The molecule has 0 aromatic heterocycles. The van der Waals surface area contributed by atoms with Crippen molar-refractivity contribution in [3.8, 4) is 11.1 Å². The van der Waals surface area contributed by atoms with Gasteiger partial charge in [-0.05, 0) is 22.3 Å². The molecule has 0 aliphatic heterocycles. The molecule has 0 aliphatic rings. The number of halogens is 2. The summed E-state index contributed by atoms with van der Waals surface area (Å²) in [5.74, 6) is 0. The zero-order valence-electron chi connectivity index (χ0n) is 11.0. The van der Waals surface area contributed by atoms with Gasteiger partial charge in [-0.2, -0.15) is 0 Å². The average Bonchev–Trinajstić information content (AvgIpc) is 2.52. The van der Waals surface area contributed by atoms with Crippen LogP contribution in [0.4, 0.5) is 0 Å². The second-order valence-corrected chi connectivity index (χ2v) is 5.55. The number of ether oxygens (including phenoxy) is 2. The first-order valence-corrected chi connectivity index (χ1v) is 9.34. The molecule has 106 valence electrons. The third-order valence-corrected chi connectivity index (χ3v) is 3.81. The first kappa shape index (κ1) is 16.2. The highest BCUT2D eigenvalue weighted by atomic mass is 127. The van der Waals surface area contributed by atoms with Crippen LogP contribution in [0.5, 0.6) is 0 Å². The standard InChI is InChI=1S/C16H16I2O2/c17-11-19-9-13-1-5-15(6-2-13)16-7-3-14(4-8-16)10-20-12-18/h1-8H,9-12H2. The van der Waals surface area contributed by atoms with Gasteiger partial charge >= 0.3 is 0 Å². The summed E-state index contributed by atoms with van der Waals surface area (Å²) in [6.45, 7) is 1.35. The van der Waals surface area contributed by atoms with E-state index in [9.17, 15) is 0 Å². The van der Waals surface area contributed by atoms with Crippen molar-refractivity contribution in [1.82, 2.24) is 0 Å². The van der Waals surface area contributed by atoms with Crippen LogP contribution in [0.3, 0.4) is 0 Å². The van der Waals surface area contributed by atoms with Crippen LogP contribution in [0.25, 0.3) is 11.1 Å². The van der Waals surface area contributed by atoms with Crippen molar-refractivity contribution in [2.24, 2.45) is 0 Å². The third-order valence-electron chi connectivity index (χ3n) is 2.93. The fourth-order valence-corrected chi connectivity index (χ4v) is 2.34. The Kier molecular flexibility index (Phi) is 7.26. The minimum absolute atomic E-state index is 0.676. The highest BCUT2D eigenvalue weighted by molar-refractivity contribution is 14.1. The molecular formula is C16H16I2O2. The highest BCUT2D eigenvalue weighted by Gasteiger charge is 1.99. The largest absolute Gasteiger partial charge is 0.366 e. The zero-order chi connectivity index (χ0) is 14.2. The molecule has 0 saturated heterocycles. The van der Waals surface area contributed by atoms with Crippen LogP contribution < -0.4 is 0 Å². The molecule has 0 atom stereocenters. The Balaban J connectivity index is 2.03. The van der Waals surface area contributed by atoms with Gasteiger partial charge in [0.25, 0.3) is 0 Å². The molecule has 2 aromatic carbocycles. The summed E-state index contributed by atoms with van der Waals surface area (Å²) < 4.78 is 12.2. The summed E-state index contributed by atoms with van der Waals surface area (Å²) in [5.41, 5.74) is 4.86. The molecular weight excluding hydrogens is 478 g/mol. The maximum atomic E-state index is 5.39. The summed E-state index contributed by atoms with van der Waals surface area (Å²) in [7, 11) is 0. The van der Waals surface area contributed by atoms with E-state index in [4.69, 9.17) is 9.47 Å². The van der Waals surface area contributed by atoms with E-state index in [2.05, 4.69) is 93.7 Å². The minimum atomic E-state index is 0.676. The minimum Gasteiger partial charge on any atom is -0.366 e. The number of hydrogen-bond donors (Lipinski definition) is 0. The molecule has 2 rings (SSSR count). The van der Waals surface area contributed by atoms with Crippen LogP contribution in [0.1, 0.15) is 11.1 Å². The van der Waals surface area contributed by atoms with Crippen LogP contribution in [-0.4, -0.2) is 9.23 Å². The molecule has 0 spiro atoms. The van der Waals surface area contributed by atoms with E-state index in [0.717, 1.165) is 9.23 Å². The molecule has 2 nitrogen and oxygen atoms in total. The zero-order valence-corrected chi connectivity index (χ0v) is 15.3. The second-order valence-electron chi connectivity index (χ2n) is 4.31. The molecule has 4 heteroatoms. The maximum absolute atomic E-state index is 5.39. The van der Waals surface area contributed by atoms with Crippen LogP contribution in [0, 0.1) is 0 Å². The molecule has 0 bridgehead atoms. The summed E-state index contributed by atoms with van der Waals surface area (Å²) in [5, 5.41) is 0. The van der Waals surface area contributed by atoms with Gasteiger partial charge in [-0.3, -0.25) is 0 Å². The molecule has 0 N–H and O–H groups in total. The lowest BCUT2D eigenvalue weighted by Gasteiger charge is -2.06. The van der Waals surface area contributed by atoms with Crippen LogP contribution in [0.2, 0.25) is 0 Å². The summed E-state index contributed by atoms with van der Waals surface area (Å²) in [4.78, 5) is 0. The summed E-state index contributed by atoms with van der Waals surface area (Å²) >= 11 is 4.42. The van der Waals surface area contributed by atoms with Gasteiger partial charge in [0.15, 0.2) is 0 Å². The Hall–Kier alpha value is -0.180. The number of alkyl halides is 2. The van der Waals surface area contributed by atoms with Crippen molar-refractivity contribution in [2.75, 3.05) is 9.23 Å². The van der Waals surface area contributed by atoms with E-state index in [0.29, 0.717) is 13.2 Å². The Morgan fingerprint density at radius 2 is 0.950 bits per heavy atom. The first-order valence-electron chi connectivity index (χ1n) is 6.29. The van der Waals surface area contributed by atoms with Crippen molar-refractivity contribution < 1.29 is 9.47 Å². The van der Waals surface area contributed by atoms with Gasteiger partial charge in [0, 0.05) is 0 Å². The maximum Gasteiger partial charge on any atom is 0.0983 e. The molecule has 20 heavy (non-hydrogen) atoms. The molecule has 0 aliphatic carbocycles. The number of hydrogen-bond acceptors (Lipinski definition) is 2. The van der Waals surface area contributed by atoms with Crippen molar-refractivity contribution in [3.05, 3.63) is 59.7 Å². The second kappa shape index (κ2) is 8.96. The van der Waals surface area contributed by atoms with Gasteiger partial charge in [-0.25, -0.2) is 0 Å². The monoisotopic (exact) mass is 494 g/mol. The van der Waals surface area contributed by atoms with Gasteiger partial charge in [0.05, 0.1) is 22.4 Å². The van der Waals surface area contributed by atoms with Crippen molar-refractivity contribution >= 4 is 45.2 Å². The highest BCUT2D eigenvalue weighted by Crippen LogP contribution is 2.21. The topological polar surface area (TPSA) is 18.5 Å². The van der Waals surface area contributed by atoms with Crippen molar-refractivity contribution in [2.45, 2.75) is 13.2 Å². The van der Waals surface area contributed by atoms with Crippen molar-refractivity contribution in [3.63, 3.8) is 0 Å². The molecule has 0 amide bonds. The summed E-state index contributed by atoms with van der Waals surface area (Å²) in [6, 6.07) is 17.0. The Morgan fingerprint density at radius 3 is 1.25 bits per heavy atom. The molecule has 0 heterocycles. The van der Waals surface area contributed by atoms with Crippen LogP contribution in [0.15, 0.2) is 48.5 Å². The van der Waals surface area contributed by atoms with Crippen LogP contribution >= 0.6 is 45.2 Å². The quantitative estimate of drug-likeness (QED) is 0.391. The lowest BCUT2D eigenvalue weighted by atomic mass is 10.0. The van der Waals surface area contributed by atoms with E-state index in [-0.39, 0.29) is 0 Å². The Morgan fingerprint density at radius 1 is 0.600 bits per heavy atom. The smallest absolute Gasteiger partial charge is 0.0983 e. The fraction of sp³-hybridized carbons (Fsp3) is 0.250. The van der Waals surface area contributed by atoms with E-state index in [1.54, 1.807) is 0 Å². The van der Waals surface area contributed by atoms with Gasteiger partial charge in [-0.15, -0.1) is 0 Å². The normalized spacial score (nSPS) is 10.7. The fourth-order valence-electron chi connectivity index (χ4n) is 1.90. The third kappa shape index (κ3) is 4.98. The Labute approximate surface area is 147 Å². The SMILES string of the molecule is ICOCc1ccc(-c2ccc(COCI)cc2)cc1. The molecule has 0 unspecified atom stereocenters. The number of rotatable bonds is 7. The summed E-state index contributed by atoms with van der Waals surface area (Å²) in [6.07, 6.45) is 0. The van der Waals surface area contributed by atoms with Gasteiger partial charge < -0.3 is 9.47 Å². The van der Waals surface area contributed by atoms with Gasteiger partial charge in [0.2, 0.25) is 0 Å². The van der Waals surface area contributed by atoms with Crippen LogP contribution in [-0.2, 0) is 22.7 Å². The van der Waals surface area contributed by atoms with E-state index >= 15 is 0 Å². The predicted molar refractivity (Wildman–Crippen MR) is 99.2 cm³/mol. The van der Waals surface area contributed by atoms with Gasteiger partial charge in [0.1, 0.15) is 0 Å². The van der Waals surface area contributed by atoms with E-state index in [1.165, 1.54) is 22.3 Å². The molecule has 2 aromatic rings. The van der Waals surface area contributed by atoms with Gasteiger partial charge in [-0.1, -0.05) is 93.7 Å². The lowest BCUT2D eigenvalue weighted by Crippen LogP contribution is -1.91. The number of benzene rings is 2. The van der Waals surface area contributed by atoms with Crippen molar-refractivity contribution in [1.29, 1.82) is 0 Å². The molecule has 0 fully saturated rings. The average molecular weight is 494 g/mol. The van der Waals surface area contributed by atoms with E-state index < -0.39 is 0 Å². The predicted octanol–water partition coefficient (Wildman–Crippen LogP) is 5.17. The molecule has 0 saturated carbocycles.